The van der Waals surface area contributed by atoms with Crippen molar-refractivity contribution < 1.29 is 4.79 Å². The first kappa shape index (κ1) is 17.2. The Labute approximate surface area is 160 Å². The quantitative estimate of drug-likeness (QED) is 0.535. The molecule has 5 nitrogen and oxygen atoms in total. The van der Waals surface area contributed by atoms with E-state index in [0.717, 1.165) is 11.3 Å². The SMILES string of the molecule is O=C(Cn1cnc2sccc2c1=O)N(Cc1ccccc1)c1ccccc1. The first-order valence-electron chi connectivity index (χ1n) is 8.54. The summed E-state index contributed by atoms with van der Waals surface area (Å²) in [5.41, 5.74) is 1.62. The van der Waals surface area contributed by atoms with Crippen molar-refractivity contribution in [2.75, 3.05) is 4.90 Å². The van der Waals surface area contributed by atoms with Gasteiger partial charge in [0.25, 0.3) is 5.56 Å². The normalized spacial score (nSPS) is 10.8. The number of aromatic nitrogens is 2. The van der Waals surface area contributed by atoms with Crippen LogP contribution in [0.25, 0.3) is 10.2 Å². The standard InChI is InChI=1S/C21H17N3O2S/c25-19(14-23-15-22-20-18(21(23)26)11-12-27-20)24(17-9-5-2-6-10-17)13-16-7-3-1-4-8-16/h1-12,15H,13-14H2. The first-order chi connectivity index (χ1) is 13.2. The summed E-state index contributed by atoms with van der Waals surface area (Å²) in [6, 6.07) is 21.0. The fourth-order valence-electron chi connectivity index (χ4n) is 2.93. The van der Waals surface area contributed by atoms with Crippen molar-refractivity contribution in [2.45, 2.75) is 13.1 Å². The fourth-order valence-corrected chi connectivity index (χ4v) is 3.66. The molecule has 0 atom stereocenters. The maximum Gasteiger partial charge on any atom is 0.262 e. The molecule has 0 fully saturated rings. The van der Waals surface area contributed by atoms with Gasteiger partial charge < -0.3 is 4.90 Å². The zero-order valence-corrected chi connectivity index (χ0v) is 15.3. The lowest BCUT2D eigenvalue weighted by molar-refractivity contribution is -0.119. The molecule has 4 rings (SSSR count). The Kier molecular flexibility index (Phi) is 4.80. The van der Waals surface area contributed by atoms with E-state index in [4.69, 9.17) is 0 Å². The molecule has 0 saturated carbocycles. The molecule has 0 aliphatic heterocycles. The third-order valence-corrected chi connectivity index (χ3v) is 5.13. The van der Waals surface area contributed by atoms with Crippen LogP contribution in [0.5, 0.6) is 0 Å². The number of para-hydroxylation sites is 1. The van der Waals surface area contributed by atoms with E-state index in [9.17, 15) is 9.59 Å². The van der Waals surface area contributed by atoms with Gasteiger partial charge in [-0.1, -0.05) is 48.5 Å². The number of carbonyl (C=O) groups excluding carboxylic acids is 1. The van der Waals surface area contributed by atoms with Gasteiger partial charge in [-0.05, 0) is 29.1 Å². The van der Waals surface area contributed by atoms with Crippen LogP contribution in [-0.4, -0.2) is 15.5 Å². The van der Waals surface area contributed by atoms with Crippen LogP contribution in [-0.2, 0) is 17.9 Å². The summed E-state index contributed by atoms with van der Waals surface area (Å²) >= 11 is 1.41. The first-order valence-corrected chi connectivity index (χ1v) is 9.42. The highest BCUT2D eigenvalue weighted by atomic mass is 32.1. The van der Waals surface area contributed by atoms with Crippen LogP contribution in [0.3, 0.4) is 0 Å². The molecule has 27 heavy (non-hydrogen) atoms. The van der Waals surface area contributed by atoms with Crippen molar-refractivity contribution in [1.82, 2.24) is 9.55 Å². The van der Waals surface area contributed by atoms with Crippen molar-refractivity contribution in [1.29, 1.82) is 0 Å². The van der Waals surface area contributed by atoms with E-state index in [0.29, 0.717) is 16.8 Å². The monoisotopic (exact) mass is 375 g/mol. The zero-order chi connectivity index (χ0) is 18.6. The second kappa shape index (κ2) is 7.55. The molecule has 0 saturated heterocycles. The third kappa shape index (κ3) is 3.66. The minimum Gasteiger partial charge on any atom is -0.306 e. The fraction of sp³-hybridized carbons (Fsp3) is 0.0952. The van der Waals surface area contributed by atoms with E-state index in [1.54, 1.807) is 11.0 Å². The number of amides is 1. The van der Waals surface area contributed by atoms with Crippen LogP contribution in [0.15, 0.2) is 83.2 Å². The number of thiophene rings is 1. The summed E-state index contributed by atoms with van der Waals surface area (Å²) in [6.07, 6.45) is 1.45. The lowest BCUT2D eigenvalue weighted by Gasteiger charge is -2.23. The van der Waals surface area contributed by atoms with E-state index in [1.807, 2.05) is 66.0 Å². The summed E-state index contributed by atoms with van der Waals surface area (Å²) < 4.78 is 1.37. The van der Waals surface area contributed by atoms with E-state index < -0.39 is 0 Å². The van der Waals surface area contributed by atoms with Crippen LogP contribution in [0.1, 0.15) is 5.56 Å². The van der Waals surface area contributed by atoms with Gasteiger partial charge >= 0.3 is 0 Å². The molecule has 0 aliphatic rings. The number of nitrogens with zero attached hydrogens (tertiary/aromatic N) is 3. The Morgan fingerprint density at radius 1 is 1.00 bits per heavy atom. The molecular formula is C21H17N3O2S. The van der Waals surface area contributed by atoms with Gasteiger partial charge in [0.15, 0.2) is 0 Å². The van der Waals surface area contributed by atoms with Crippen molar-refractivity contribution in [3.63, 3.8) is 0 Å². The maximum atomic E-state index is 13.1. The Morgan fingerprint density at radius 3 is 2.44 bits per heavy atom. The number of rotatable bonds is 5. The Balaban J connectivity index is 1.65. The highest BCUT2D eigenvalue weighted by Crippen LogP contribution is 2.18. The molecule has 0 radical (unpaired) electrons. The van der Waals surface area contributed by atoms with E-state index >= 15 is 0 Å². The number of anilines is 1. The molecule has 6 heteroatoms. The average molecular weight is 375 g/mol. The molecule has 0 N–H and O–H groups in total. The predicted molar refractivity (Wildman–Crippen MR) is 108 cm³/mol. The Bertz CT molecular complexity index is 1120. The van der Waals surface area contributed by atoms with Gasteiger partial charge in [-0.2, -0.15) is 0 Å². The van der Waals surface area contributed by atoms with Gasteiger partial charge in [-0.3, -0.25) is 14.2 Å². The molecule has 0 aliphatic carbocycles. The molecule has 2 aromatic heterocycles. The van der Waals surface area contributed by atoms with Crippen LogP contribution in [0, 0.1) is 0 Å². The molecular weight excluding hydrogens is 358 g/mol. The van der Waals surface area contributed by atoms with Crippen molar-refractivity contribution >= 4 is 33.1 Å². The van der Waals surface area contributed by atoms with Gasteiger partial charge in [-0.25, -0.2) is 4.98 Å². The average Bonchev–Trinajstić information content (AvgIpc) is 3.19. The van der Waals surface area contributed by atoms with Crippen LogP contribution in [0.4, 0.5) is 5.69 Å². The predicted octanol–water partition coefficient (Wildman–Crippen LogP) is 3.69. The van der Waals surface area contributed by atoms with E-state index in [2.05, 4.69) is 4.98 Å². The number of hydrogen-bond acceptors (Lipinski definition) is 4. The highest BCUT2D eigenvalue weighted by Gasteiger charge is 2.18. The van der Waals surface area contributed by atoms with Crippen LogP contribution >= 0.6 is 11.3 Å². The van der Waals surface area contributed by atoms with E-state index in [1.165, 1.54) is 22.2 Å². The van der Waals surface area contributed by atoms with Gasteiger partial charge in [-0.15, -0.1) is 11.3 Å². The van der Waals surface area contributed by atoms with E-state index in [-0.39, 0.29) is 18.0 Å². The van der Waals surface area contributed by atoms with Crippen molar-refractivity contribution in [2.24, 2.45) is 0 Å². The Hall–Kier alpha value is -3.25. The number of hydrogen-bond donors (Lipinski definition) is 0. The lowest BCUT2D eigenvalue weighted by atomic mass is 10.2. The summed E-state index contributed by atoms with van der Waals surface area (Å²) in [6.45, 7) is 0.381. The van der Waals surface area contributed by atoms with Crippen LogP contribution in [0.2, 0.25) is 0 Å². The third-order valence-electron chi connectivity index (χ3n) is 4.31. The summed E-state index contributed by atoms with van der Waals surface area (Å²) in [5, 5.41) is 2.38. The molecule has 0 unspecified atom stereocenters. The van der Waals surface area contributed by atoms with Gasteiger partial charge in [0.1, 0.15) is 11.4 Å². The van der Waals surface area contributed by atoms with Gasteiger partial charge in [0.2, 0.25) is 5.91 Å². The minimum atomic E-state index is -0.192. The Morgan fingerprint density at radius 2 is 1.70 bits per heavy atom. The minimum absolute atomic E-state index is 0.0562. The van der Waals surface area contributed by atoms with Gasteiger partial charge in [0.05, 0.1) is 18.3 Å². The van der Waals surface area contributed by atoms with Crippen LogP contribution < -0.4 is 10.5 Å². The number of carbonyl (C=O) groups is 1. The highest BCUT2D eigenvalue weighted by molar-refractivity contribution is 7.16. The largest absolute Gasteiger partial charge is 0.306 e. The number of fused-ring (bicyclic) bond motifs is 1. The maximum absolute atomic E-state index is 13.1. The smallest absolute Gasteiger partial charge is 0.262 e. The second-order valence-corrected chi connectivity index (χ2v) is 7.01. The molecule has 0 spiro atoms. The molecule has 134 valence electrons. The van der Waals surface area contributed by atoms with Crippen molar-refractivity contribution in [3.05, 3.63) is 94.4 Å². The summed E-state index contributed by atoms with van der Waals surface area (Å²) in [7, 11) is 0. The zero-order valence-electron chi connectivity index (χ0n) is 14.5. The summed E-state index contributed by atoms with van der Waals surface area (Å²) in [4.78, 5) is 32.4. The molecule has 2 heterocycles. The molecule has 0 bridgehead atoms. The molecule has 1 amide bonds. The number of benzene rings is 2. The molecule has 4 aromatic rings. The topological polar surface area (TPSA) is 55.2 Å². The lowest BCUT2D eigenvalue weighted by Crippen LogP contribution is -2.36. The second-order valence-electron chi connectivity index (χ2n) is 6.12. The summed E-state index contributed by atoms with van der Waals surface area (Å²) in [5.74, 6) is -0.163. The molecule has 2 aromatic carbocycles. The van der Waals surface area contributed by atoms with Crippen molar-refractivity contribution in [3.8, 4) is 0 Å². The van der Waals surface area contributed by atoms with Gasteiger partial charge in [0, 0.05) is 5.69 Å².